The molecule has 2 aromatic carbocycles. The molecule has 1 aromatic heterocycles. The van der Waals surface area contributed by atoms with Crippen molar-refractivity contribution >= 4 is 46.4 Å². The van der Waals surface area contributed by atoms with Crippen LogP contribution in [-0.4, -0.2) is 22.3 Å². The van der Waals surface area contributed by atoms with Crippen LogP contribution < -0.4 is 10.2 Å². The van der Waals surface area contributed by atoms with E-state index in [0.29, 0.717) is 21.7 Å². The normalized spacial score (nSPS) is 11.6. The van der Waals surface area contributed by atoms with Crippen LogP contribution in [0, 0.1) is 6.92 Å². The van der Waals surface area contributed by atoms with E-state index in [9.17, 15) is 0 Å². The number of ether oxygens (including phenoxy) is 1. The van der Waals surface area contributed by atoms with Crippen molar-refractivity contribution in [1.82, 2.24) is 9.97 Å². The van der Waals surface area contributed by atoms with Crippen molar-refractivity contribution in [3.05, 3.63) is 51.5 Å². The van der Waals surface area contributed by atoms with E-state index in [-0.39, 0.29) is 6.10 Å². The van der Waals surface area contributed by atoms with Crippen LogP contribution in [0.15, 0.2) is 35.4 Å². The third-order valence-corrected chi connectivity index (χ3v) is 3.96. The monoisotopic (exact) mass is 376 g/mol. The Morgan fingerprint density at radius 2 is 1.92 bits per heavy atom. The minimum Gasteiger partial charge on any atom is -0.488 e. The van der Waals surface area contributed by atoms with Gasteiger partial charge in [0.25, 0.3) is 0 Å². The molecule has 0 saturated heterocycles. The van der Waals surface area contributed by atoms with Crippen LogP contribution >= 0.6 is 23.2 Å². The topological polar surface area (TPSA) is 62.3 Å². The van der Waals surface area contributed by atoms with Gasteiger partial charge in [-0.2, -0.15) is 5.10 Å². The van der Waals surface area contributed by atoms with Gasteiger partial charge >= 0.3 is 0 Å². The largest absolute Gasteiger partial charge is 0.488 e. The van der Waals surface area contributed by atoms with Crippen molar-refractivity contribution < 1.29 is 4.74 Å². The van der Waals surface area contributed by atoms with Gasteiger partial charge in [0.1, 0.15) is 0 Å². The molecule has 1 heterocycles. The standard InChI is InChI=1S/C18H18Cl2N4O/c1-10(2)25-17-13(19)7-12(8-14(17)20)9-21-24-18-22-15-5-4-11(3)6-16(15)23-18/h4-10H,1-3H3,(H2,22,23,24)/b21-9-. The Hall–Kier alpha value is -2.24. The maximum absolute atomic E-state index is 6.23. The number of benzene rings is 2. The Kier molecular flexibility index (Phi) is 5.16. The molecule has 0 amide bonds. The van der Waals surface area contributed by atoms with Crippen LogP contribution in [0.1, 0.15) is 25.0 Å². The summed E-state index contributed by atoms with van der Waals surface area (Å²) in [5, 5.41) is 5.07. The van der Waals surface area contributed by atoms with Gasteiger partial charge in [-0.3, -0.25) is 0 Å². The number of imidazole rings is 1. The summed E-state index contributed by atoms with van der Waals surface area (Å²) in [6.45, 7) is 5.87. The molecule has 0 spiro atoms. The number of hydrogen-bond donors (Lipinski definition) is 2. The van der Waals surface area contributed by atoms with Gasteiger partial charge in [-0.1, -0.05) is 29.3 Å². The molecular weight excluding hydrogens is 359 g/mol. The van der Waals surface area contributed by atoms with Crippen LogP contribution in [0.25, 0.3) is 11.0 Å². The van der Waals surface area contributed by atoms with Crippen LogP contribution in [0.5, 0.6) is 5.75 Å². The van der Waals surface area contributed by atoms with E-state index in [4.69, 9.17) is 27.9 Å². The van der Waals surface area contributed by atoms with Gasteiger partial charge in [-0.15, -0.1) is 0 Å². The van der Waals surface area contributed by atoms with Crippen LogP contribution in [0.4, 0.5) is 5.95 Å². The van der Waals surface area contributed by atoms with Gasteiger partial charge < -0.3 is 9.72 Å². The van der Waals surface area contributed by atoms with E-state index in [0.717, 1.165) is 16.6 Å². The molecule has 0 aliphatic rings. The summed E-state index contributed by atoms with van der Waals surface area (Å²) in [4.78, 5) is 7.58. The van der Waals surface area contributed by atoms with Gasteiger partial charge in [0.2, 0.25) is 5.95 Å². The van der Waals surface area contributed by atoms with Gasteiger partial charge in [-0.05, 0) is 56.2 Å². The lowest BCUT2D eigenvalue weighted by Gasteiger charge is -2.13. The minimum absolute atomic E-state index is 0.00657. The molecule has 7 heteroatoms. The van der Waals surface area contributed by atoms with E-state index in [1.54, 1.807) is 18.3 Å². The van der Waals surface area contributed by atoms with E-state index in [1.807, 2.05) is 39.0 Å². The molecule has 3 aromatic rings. The van der Waals surface area contributed by atoms with E-state index >= 15 is 0 Å². The minimum atomic E-state index is -0.00657. The summed E-state index contributed by atoms with van der Waals surface area (Å²) in [7, 11) is 0. The van der Waals surface area contributed by atoms with Gasteiger partial charge in [0, 0.05) is 0 Å². The SMILES string of the molecule is Cc1ccc2nc(N/N=C\c3cc(Cl)c(OC(C)C)c(Cl)c3)[nH]c2c1. The fourth-order valence-corrected chi connectivity index (χ4v) is 2.94. The van der Waals surface area contributed by atoms with E-state index in [2.05, 4.69) is 20.5 Å². The summed E-state index contributed by atoms with van der Waals surface area (Å²) >= 11 is 12.5. The third-order valence-electron chi connectivity index (χ3n) is 3.40. The Morgan fingerprint density at radius 3 is 2.60 bits per heavy atom. The lowest BCUT2D eigenvalue weighted by molar-refractivity contribution is 0.243. The third kappa shape index (κ3) is 4.24. The fraction of sp³-hybridized carbons (Fsp3) is 0.222. The molecule has 0 saturated carbocycles. The second-order valence-corrected chi connectivity index (χ2v) is 6.77. The number of fused-ring (bicyclic) bond motifs is 1. The van der Waals surface area contributed by atoms with Gasteiger partial charge in [-0.25, -0.2) is 10.4 Å². The maximum atomic E-state index is 6.23. The molecule has 0 aliphatic carbocycles. The summed E-state index contributed by atoms with van der Waals surface area (Å²) in [5.41, 5.74) is 6.63. The molecule has 25 heavy (non-hydrogen) atoms. The number of aromatic nitrogens is 2. The fourth-order valence-electron chi connectivity index (χ4n) is 2.35. The molecule has 0 atom stereocenters. The summed E-state index contributed by atoms with van der Waals surface area (Å²) in [6.07, 6.45) is 1.61. The number of rotatable bonds is 5. The lowest BCUT2D eigenvalue weighted by atomic mass is 10.2. The Balaban J connectivity index is 1.75. The molecule has 3 rings (SSSR count). The first-order valence-corrected chi connectivity index (χ1v) is 8.59. The highest BCUT2D eigenvalue weighted by Crippen LogP contribution is 2.34. The highest BCUT2D eigenvalue weighted by Gasteiger charge is 2.10. The first kappa shape index (κ1) is 17.6. The Bertz CT molecular complexity index is 911. The predicted molar refractivity (Wildman–Crippen MR) is 104 cm³/mol. The van der Waals surface area contributed by atoms with Crippen molar-refractivity contribution in [1.29, 1.82) is 0 Å². The maximum Gasteiger partial charge on any atom is 0.222 e. The number of nitrogens with zero attached hydrogens (tertiary/aromatic N) is 2. The number of anilines is 1. The van der Waals surface area contributed by atoms with Crippen molar-refractivity contribution in [3.63, 3.8) is 0 Å². The van der Waals surface area contributed by atoms with E-state index < -0.39 is 0 Å². The molecule has 0 unspecified atom stereocenters. The van der Waals surface area contributed by atoms with Crippen molar-refractivity contribution in [2.75, 3.05) is 5.43 Å². The highest BCUT2D eigenvalue weighted by molar-refractivity contribution is 6.37. The number of halogens is 2. The van der Waals surface area contributed by atoms with Crippen molar-refractivity contribution in [2.45, 2.75) is 26.9 Å². The Labute approximate surface area is 156 Å². The number of aryl methyl sites for hydroxylation is 1. The predicted octanol–water partition coefficient (Wildman–Crippen LogP) is 5.41. The first-order chi connectivity index (χ1) is 11.9. The van der Waals surface area contributed by atoms with Crippen LogP contribution in [-0.2, 0) is 0 Å². The molecule has 2 N–H and O–H groups in total. The summed E-state index contributed by atoms with van der Waals surface area (Å²) in [6, 6.07) is 9.50. The zero-order chi connectivity index (χ0) is 18.0. The smallest absolute Gasteiger partial charge is 0.222 e. The lowest BCUT2D eigenvalue weighted by Crippen LogP contribution is -2.06. The average molecular weight is 377 g/mol. The zero-order valence-electron chi connectivity index (χ0n) is 14.1. The van der Waals surface area contributed by atoms with Crippen LogP contribution in [0.3, 0.4) is 0 Å². The van der Waals surface area contributed by atoms with Crippen LogP contribution in [0.2, 0.25) is 10.0 Å². The zero-order valence-corrected chi connectivity index (χ0v) is 15.6. The van der Waals surface area contributed by atoms with Gasteiger partial charge in [0.15, 0.2) is 5.75 Å². The Morgan fingerprint density at radius 1 is 1.20 bits per heavy atom. The first-order valence-electron chi connectivity index (χ1n) is 7.83. The number of hydrazone groups is 1. The molecule has 0 bridgehead atoms. The highest BCUT2D eigenvalue weighted by atomic mass is 35.5. The second-order valence-electron chi connectivity index (χ2n) is 5.96. The summed E-state index contributed by atoms with van der Waals surface area (Å²) in [5.74, 6) is 1.05. The van der Waals surface area contributed by atoms with E-state index in [1.165, 1.54) is 5.56 Å². The molecule has 0 radical (unpaired) electrons. The number of aromatic amines is 1. The average Bonchev–Trinajstić information content (AvgIpc) is 2.92. The van der Waals surface area contributed by atoms with Crippen molar-refractivity contribution in [3.8, 4) is 5.75 Å². The molecule has 0 aliphatic heterocycles. The molecule has 5 nitrogen and oxygen atoms in total. The molecular formula is C18H18Cl2N4O. The summed E-state index contributed by atoms with van der Waals surface area (Å²) < 4.78 is 5.61. The molecule has 130 valence electrons. The van der Waals surface area contributed by atoms with Gasteiger partial charge in [0.05, 0.1) is 33.4 Å². The number of H-pyrrole nitrogens is 1. The number of hydrogen-bond acceptors (Lipinski definition) is 4. The molecule has 0 fully saturated rings. The van der Waals surface area contributed by atoms with Crippen molar-refractivity contribution in [2.24, 2.45) is 5.10 Å². The second kappa shape index (κ2) is 7.33. The quantitative estimate of drug-likeness (QED) is 0.462. The number of nitrogens with one attached hydrogen (secondary N) is 2.